The summed E-state index contributed by atoms with van der Waals surface area (Å²) in [4.78, 5) is 14.6. The lowest BCUT2D eigenvalue weighted by molar-refractivity contribution is -0.131. The van der Waals surface area contributed by atoms with Gasteiger partial charge in [0.1, 0.15) is 0 Å². The minimum Gasteiger partial charge on any atom is -0.350 e. The highest BCUT2D eigenvalue weighted by atomic mass is 16.2. The molecule has 110 valence electrons. The SMILES string of the molecule is CN1CC2(N)CCCCC2CC1C(=O)NC(C)(C)C. The lowest BCUT2D eigenvalue weighted by Crippen LogP contribution is -2.65. The van der Waals surface area contributed by atoms with Gasteiger partial charge in [-0.15, -0.1) is 0 Å². The number of fused-ring (bicyclic) bond motifs is 1. The summed E-state index contributed by atoms with van der Waals surface area (Å²) < 4.78 is 0. The number of nitrogens with zero attached hydrogens (tertiary/aromatic N) is 1. The van der Waals surface area contributed by atoms with Crippen molar-refractivity contribution in [1.82, 2.24) is 10.2 Å². The first-order valence-corrected chi connectivity index (χ1v) is 7.52. The Morgan fingerprint density at radius 2 is 2.05 bits per heavy atom. The van der Waals surface area contributed by atoms with Crippen molar-refractivity contribution in [2.24, 2.45) is 11.7 Å². The van der Waals surface area contributed by atoms with Crippen molar-refractivity contribution in [2.45, 2.75) is 70.0 Å². The van der Waals surface area contributed by atoms with Crippen molar-refractivity contribution < 1.29 is 4.79 Å². The lowest BCUT2D eigenvalue weighted by atomic mass is 9.68. The molecule has 1 aliphatic heterocycles. The Bertz CT molecular complexity index is 350. The molecule has 1 amide bonds. The van der Waals surface area contributed by atoms with E-state index >= 15 is 0 Å². The summed E-state index contributed by atoms with van der Waals surface area (Å²) in [5.41, 5.74) is 6.34. The van der Waals surface area contributed by atoms with Gasteiger partial charge in [-0.2, -0.15) is 0 Å². The van der Waals surface area contributed by atoms with Crippen molar-refractivity contribution in [2.75, 3.05) is 13.6 Å². The van der Waals surface area contributed by atoms with Gasteiger partial charge in [0.2, 0.25) is 5.91 Å². The molecular weight excluding hydrogens is 238 g/mol. The molecule has 3 atom stereocenters. The highest BCUT2D eigenvalue weighted by molar-refractivity contribution is 5.82. The monoisotopic (exact) mass is 267 g/mol. The van der Waals surface area contributed by atoms with Crippen LogP contribution >= 0.6 is 0 Å². The molecule has 2 rings (SSSR count). The first-order chi connectivity index (χ1) is 8.71. The second-order valence-electron chi connectivity index (χ2n) is 7.58. The Morgan fingerprint density at radius 1 is 1.37 bits per heavy atom. The molecule has 4 nitrogen and oxygen atoms in total. The molecule has 0 radical (unpaired) electrons. The maximum absolute atomic E-state index is 12.4. The van der Waals surface area contributed by atoms with E-state index in [4.69, 9.17) is 5.73 Å². The van der Waals surface area contributed by atoms with Crippen LogP contribution in [0.4, 0.5) is 0 Å². The molecular formula is C15H29N3O. The van der Waals surface area contributed by atoms with Gasteiger partial charge in [-0.25, -0.2) is 0 Å². The van der Waals surface area contributed by atoms with Crippen molar-refractivity contribution in [3.8, 4) is 0 Å². The number of carbonyl (C=O) groups excluding carboxylic acids is 1. The summed E-state index contributed by atoms with van der Waals surface area (Å²) in [6.07, 6.45) is 5.70. The van der Waals surface area contributed by atoms with Gasteiger partial charge in [0.05, 0.1) is 6.04 Å². The zero-order valence-electron chi connectivity index (χ0n) is 12.8. The van der Waals surface area contributed by atoms with E-state index in [0.29, 0.717) is 5.92 Å². The van der Waals surface area contributed by atoms with Crippen molar-refractivity contribution >= 4 is 5.91 Å². The molecule has 2 fully saturated rings. The number of nitrogens with two attached hydrogens (primary N) is 1. The van der Waals surface area contributed by atoms with Crippen molar-refractivity contribution in [3.05, 3.63) is 0 Å². The molecule has 0 aromatic heterocycles. The van der Waals surface area contributed by atoms with Gasteiger partial charge >= 0.3 is 0 Å². The smallest absolute Gasteiger partial charge is 0.237 e. The van der Waals surface area contributed by atoms with Gasteiger partial charge in [-0.05, 0) is 53.0 Å². The van der Waals surface area contributed by atoms with Crippen LogP contribution in [-0.4, -0.2) is 41.5 Å². The molecule has 0 spiro atoms. The Kier molecular flexibility index (Phi) is 3.94. The Balaban J connectivity index is 2.06. The van der Waals surface area contributed by atoms with Gasteiger partial charge in [0.15, 0.2) is 0 Å². The Hall–Kier alpha value is -0.610. The standard InChI is InChI=1S/C15H29N3O/c1-14(2,3)17-13(19)12-9-11-7-5-6-8-15(11,16)10-18(12)4/h11-12H,5-10,16H2,1-4H3,(H,17,19). The molecule has 0 aromatic rings. The van der Waals surface area contributed by atoms with Crippen LogP contribution in [0.25, 0.3) is 0 Å². The third-order valence-electron chi connectivity index (χ3n) is 4.64. The van der Waals surface area contributed by atoms with E-state index < -0.39 is 0 Å². The van der Waals surface area contributed by atoms with Crippen LogP contribution in [0.3, 0.4) is 0 Å². The van der Waals surface area contributed by atoms with Crippen LogP contribution in [0.15, 0.2) is 0 Å². The van der Waals surface area contributed by atoms with Crippen molar-refractivity contribution in [1.29, 1.82) is 0 Å². The summed E-state index contributed by atoms with van der Waals surface area (Å²) >= 11 is 0. The number of hydrogen-bond donors (Lipinski definition) is 2. The molecule has 0 aromatic carbocycles. The quantitative estimate of drug-likeness (QED) is 0.757. The fourth-order valence-electron chi connectivity index (χ4n) is 3.68. The molecule has 4 heteroatoms. The van der Waals surface area contributed by atoms with Crippen LogP contribution in [-0.2, 0) is 4.79 Å². The predicted molar refractivity (Wildman–Crippen MR) is 77.8 cm³/mol. The van der Waals surface area contributed by atoms with E-state index in [1.165, 1.54) is 19.3 Å². The highest BCUT2D eigenvalue weighted by Gasteiger charge is 2.46. The van der Waals surface area contributed by atoms with E-state index in [9.17, 15) is 4.79 Å². The first-order valence-electron chi connectivity index (χ1n) is 7.52. The van der Waals surface area contributed by atoms with Crippen LogP contribution in [0.2, 0.25) is 0 Å². The van der Waals surface area contributed by atoms with Crippen LogP contribution < -0.4 is 11.1 Å². The third-order valence-corrected chi connectivity index (χ3v) is 4.64. The maximum Gasteiger partial charge on any atom is 0.237 e. The van der Waals surface area contributed by atoms with E-state index in [1.54, 1.807) is 0 Å². The molecule has 3 N–H and O–H groups in total. The first kappa shape index (κ1) is 14.8. The largest absolute Gasteiger partial charge is 0.350 e. The zero-order valence-corrected chi connectivity index (χ0v) is 12.8. The normalized spacial score (nSPS) is 36.7. The van der Waals surface area contributed by atoms with E-state index in [1.807, 2.05) is 27.8 Å². The molecule has 1 aliphatic carbocycles. The fourth-order valence-corrected chi connectivity index (χ4v) is 3.68. The molecule has 19 heavy (non-hydrogen) atoms. The lowest BCUT2D eigenvalue weighted by Gasteiger charge is -2.51. The average Bonchev–Trinajstić information content (AvgIpc) is 2.24. The summed E-state index contributed by atoms with van der Waals surface area (Å²) in [7, 11) is 2.03. The summed E-state index contributed by atoms with van der Waals surface area (Å²) in [5.74, 6) is 0.663. The summed E-state index contributed by atoms with van der Waals surface area (Å²) in [6, 6.07) is -0.0148. The third kappa shape index (κ3) is 3.29. The van der Waals surface area contributed by atoms with Crippen LogP contribution in [0.1, 0.15) is 52.9 Å². The van der Waals surface area contributed by atoms with Crippen molar-refractivity contribution in [3.63, 3.8) is 0 Å². The van der Waals surface area contributed by atoms with Crippen LogP contribution in [0.5, 0.6) is 0 Å². The molecule has 0 bridgehead atoms. The Labute approximate surface area is 117 Å². The number of amides is 1. The number of likely N-dealkylation sites (tertiary alicyclic amines) is 1. The van der Waals surface area contributed by atoms with Crippen LogP contribution in [0, 0.1) is 5.92 Å². The number of carbonyl (C=O) groups is 1. The van der Waals surface area contributed by atoms with E-state index in [2.05, 4.69) is 10.2 Å². The van der Waals surface area contributed by atoms with Gasteiger partial charge in [-0.3, -0.25) is 9.69 Å². The van der Waals surface area contributed by atoms with Gasteiger partial charge in [0.25, 0.3) is 0 Å². The zero-order chi connectivity index (χ0) is 14.3. The van der Waals surface area contributed by atoms with E-state index in [-0.39, 0.29) is 23.0 Å². The predicted octanol–water partition coefficient (Wildman–Crippen LogP) is 1.49. The fraction of sp³-hybridized carbons (Fsp3) is 0.933. The summed E-state index contributed by atoms with van der Waals surface area (Å²) in [6.45, 7) is 6.94. The molecule has 3 unspecified atom stereocenters. The highest BCUT2D eigenvalue weighted by Crippen LogP contribution is 2.39. The van der Waals surface area contributed by atoms with E-state index in [0.717, 1.165) is 19.4 Å². The molecule has 1 saturated carbocycles. The minimum absolute atomic E-state index is 0.0148. The second kappa shape index (κ2) is 5.06. The summed E-state index contributed by atoms with van der Waals surface area (Å²) in [5, 5.41) is 3.11. The molecule has 1 heterocycles. The molecule has 2 aliphatic rings. The second-order valence-corrected chi connectivity index (χ2v) is 7.58. The number of likely N-dealkylation sites (N-methyl/N-ethyl adjacent to an activating group) is 1. The number of nitrogens with one attached hydrogen (secondary N) is 1. The minimum atomic E-state index is -0.165. The number of piperidine rings is 1. The topological polar surface area (TPSA) is 58.4 Å². The Morgan fingerprint density at radius 3 is 2.68 bits per heavy atom. The number of rotatable bonds is 1. The van der Waals surface area contributed by atoms with Gasteiger partial charge in [-0.1, -0.05) is 12.8 Å². The maximum atomic E-state index is 12.4. The number of hydrogen-bond acceptors (Lipinski definition) is 3. The van der Waals surface area contributed by atoms with Gasteiger partial charge in [0, 0.05) is 17.6 Å². The average molecular weight is 267 g/mol. The molecule has 1 saturated heterocycles. The van der Waals surface area contributed by atoms with Gasteiger partial charge < -0.3 is 11.1 Å².